The van der Waals surface area contributed by atoms with Gasteiger partial charge in [0.15, 0.2) is 0 Å². The van der Waals surface area contributed by atoms with E-state index in [2.05, 4.69) is 11.8 Å². The lowest BCUT2D eigenvalue weighted by Gasteiger charge is -2.38. The van der Waals surface area contributed by atoms with Crippen LogP contribution in [0.2, 0.25) is 5.02 Å². The maximum Gasteiger partial charge on any atom is 0.244 e. The standard InChI is InChI=1S/C14H21ClN2O3S/c1-3-16-6-7-17(9-11(16)2)21(19,20)14-8-12(10-18)4-5-13(14)15/h4-5,8,11,18H,3,6-7,9-10H2,1-2H3. The molecule has 0 amide bonds. The SMILES string of the molecule is CCN1CCN(S(=O)(=O)c2cc(CO)ccc2Cl)CC1C. The molecular formula is C14H21ClN2O3S. The molecular weight excluding hydrogens is 312 g/mol. The highest BCUT2D eigenvalue weighted by Gasteiger charge is 2.32. The Labute approximate surface area is 131 Å². The highest BCUT2D eigenvalue weighted by atomic mass is 35.5. The van der Waals surface area contributed by atoms with Crippen molar-refractivity contribution in [3.63, 3.8) is 0 Å². The molecule has 1 saturated heterocycles. The van der Waals surface area contributed by atoms with Gasteiger partial charge < -0.3 is 5.11 Å². The number of piperazine rings is 1. The summed E-state index contributed by atoms with van der Waals surface area (Å²) >= 11 is 6.05. The molecule has 1 fully saturated rings. The Hall–Kier alpha value is -0.660. The van der Waals surface area contributed by atoms with Crippen molar-refractivity contribution in [2.45, 2.75) is 31.4 Å². The number of nitrogens with zero attached hydrogens (tertiary/aromatic N) is 2. The van der Waals surface area contributed by atoms with Gasteiger partial charge >= 0.3 is 0 Å². The average Bonchev–Trinajstić information content (AvgIpc) is 2.47. The molecule has 1 aliphatic heterocycles. The van der Waals surface area contributed by atoms with Gasteiger partial charge in [-0.1, -0.05) is 24.6 Å². The van der Waals surface area contributed by atoms with Gasteiger partial charge in [-0.05, 0) is 31.2 Å². The van der Waals surface area contributed by atoms with Crippen molar-refractivity contribution in [1.82, 2.24) is 9.21 Å². The fourth-order valence-electron chi connectivity index (χ4n) is 2.63. The van der Waals surface area contributed by atoms with E-state index in [1.54, 1.807) is 6.07 Å². The van der Waals surface area contributed by atoms with Crippen molar-refractivity contribution in [2.75, 3.05) is 26.2 Å². The minimum atomic E-state index is -3.63. The monoisotopic (exact) mass is 332 g/mol. The van der Waals surface area contributed by atoms with E-state index in [1.807, 2.05) is 6.92 Å². The molecule has 1 heterocycles. The first-order valence-corrected chi connectivity index (χ1v) is 8.85. The Morgan fingerprint density at radius 2 is 2.10 bits per heavy atom. The molecule has 7 heteroatoms. The summed E-state index contributed by atoms with van der Waals surface area (Å²) in [5.74, 6) is 0. The number of aliphatic hydroxyl groups excluding tert-OH is 1. The fraction of sp³-hybridized carbons (Fsp3) is 0.571. The molecule has 0 saturated carbocycles. The van der Waals surface area contributed by atoms with Gasteiger partial charge in [0.25, 0.3) is 0 Å². The highest BCUT2D eigenvalue weighted by Crippen LogP contribution is 2.27. The predicted molar refractivity (Wildman–Crippen MR) is 82.8 cm³/mol. The zero-order chi connectivity index (χ0) is 15.6. The Kier molecular flexibility index (Phi) is 5.27. The molecule has 1 aliphatic rings. The van der Waals surface area contributed by atoms with Gasteiger partial charge in [-0.15, -0.1) is 0 Å². The Morgan fingerprint density at radius 3 is 2.67 bits per heavy atom. The van der Waals surface area contributed by atoms with Crippen LogP contribution in [-0.2, 0) is 16.6 Å². The summed E-state index contributed by atoms with van der Waals surface area (Å²) in [7, 11) is -3.63. The Bertz CT molecular complexity index is 606. The van der Waals surface area contributed by atoms with Crippen molar-refractivity contribution >= 4 is 21.6 Å². The first-order valence-electron chi connectivity index (χ1n) is 7.03. The average molecular weight is 333 g/mol. The van der Waals surface area contributed by atoms with Crippen LogP contribution in [0.15, 0.2) is 23.1 Å². The highest BCUT2D eigenvalue weighted by molar-refractivity contribution is 7.89. The third-order valence-corrected chi connectivity index (χ3v) is 6.28. The number of benzene rings is 1. The zero-order valence-electron chi connectivity index (χ0n) is 12.3. The maximum atomic E-state index is 12.8. The Balaban J connectivity index is 2.31. The Morgan fingerprint density at radius 1 is 1.38 bits per heavy atom. The van der Waals surface area contributed by atoms with Crippen LogP contribution in [-0.4, -0.2) is 55.0 Å². The van der Waals surface area contributed by atoms with E-state index >= 15 is 0 Å². The van der Waals surface area contributed by atoms with E-state index in [9.17, 15) is 13.5 Å². The van der Waals surface area contributed by atoms with E-state index in [0.29, 0.717) is 25.2 Å². The minimum absolute atomic E-state index is 0.0767. The van der Waals surface area contributed by atoms with Crippen LogP contribution in [0, 0.1) is 0 Å². The molecule has 0 spiro atoms. The van der Waals surface area contributed by atoms with Crippen LogP contribution in [0.5, 0.6) is 0 Å². The second-order valence-corrected chi connectivity index (χ2v) is 7.58. The lowest BCUT2D eigenvalue weighted by molar-refractivity contribution is 0.135. The second-order valence-electron chi connectivity index (χ2n) is 5.26. The van der Waals surface area contributed by atoms with Crippen LogP contribution >= 0.6 is 11.6 Å². The van der Waals surface area contributed by atoms with Crippen molar-refractivity contribution < 1.29 is 13.5 Å². The molecule has 0 radical (unpaired) electrons. The smallest absolute Gasteiger partial charge is 0.244 e. The molecule has 5 nitrogen and oxygen atoms in total. The summed E-state index contributed by atoms with van der Waals surface area (Å²) in [6.07, 6.45) is 0. The largest absolute Gasteiger partial charge is 0.392 e. The molecule has 2 rings (SSSR count). The van der Waals surface area contributed by atoms with Crippen LogP contribution in [0.4, 0.5) is 0 Å². The van der Waals surface area contributed by atoms with Gasteiger partial charge in [0.2, 0.25) is 10.0 Å². The molecule has 118 valence electrons. The summed E-state index contributed by atoms with van der Waals surface area (Å²) in [6, 6.07) is 4.78. The number of aliphatic hydroxyl groups is 1. The first kappa shape index (κ1) is 16.7. The molecule has 21 heavy (non-hydrogen) atoms. The number of hydrogen-bond donors (Lipinski definition) is 1. The summed E-state index contributed by atoms with van der Waals surface area (Å²) < 4.78 is 27.0. The summed E-state index contributed by atoms with van der Waals surface area (Å²) in [6.45, 7) is 6.43. The molecule has 1 aromatic rings. The van der Waals surface area contributed by atoms with Gasteiger partial charge in [0.1, 0.15) is 4.90 Å². The molecule has 1 atom stereocenters. The quantitative estimate of drug-likeness (QED) is 0.908. The van der Waals surface area contributed by atoms with Crippen molar-refractivity contribution in [2.24, 2.45) is 0 Å². The molecule has 1 N–H and O–H groups in total. The number of sulfonamides is 1. The van der Waals surface area contributed by atoms with Crippen LogP contribution in [0.3, 0.4) is 0 Å². The molecule has 0 aromatic heterocycles. The van der Waals surface area contributed by atoms with E-state index in [1.165, 1.54) is 16.4 Å². The fourth-order valence-corrected chi connectivity index (χ4v) is 4.67. The van der Waals surface area contributed by atoms with E-state index < -0.39 is 10.0 Å². The normalized spacial score (nSPS) is 21.6. The molecule has 0 aliphatic carbocycles. The van der Waals surface area contributed by atoms with Gasteiger partial charge in [-0.2, -0.15) is 4.31 Å². The van der Waals surface area contributed by atoms with Crippen molar-refractivity contribution in [3.8, 4) is 0 Å². The predicted octanol–water partition coefficient (Wildman–Crippen LogP) is 1.55. The summed E-state index contributed by atoms with van der Waals surface area (Å²) in [5, 5.41) is 9.37. The third kappa shape index (κ3) is 3.40. The minimum Gasteiger partial charge on any atom is -0.392 e. The number of likely N-dealkylation sites (N-methyl/N-ethyl adjacent to an activating group) is 1. The first-order chi connectivity index (χ1) is 9.90. The van der Waals surface area contributed by atoms with E-state index in [0.717, 1.165) is 6.54 Å². The lowest BCUT2D eigenvalue weighted by Crippen LogP contribution is -2.53. The van der Waals surface area contributed by atoms with Crippen LogP contribution in [0.25, 0.3) is 0 Å². The van der Waals surface area contributed by atoms with Crippen molar-refractivity contribution in [3.05, 3.63) is 28.8 Å². The van der Waals surface area contributed by atoms with E-state index in [-0.39, 0.29) is 22.6 Å². The van der Waals surface area contributed by atoms with Gasteiger partial charge in [-0.25, -0.2) is 8.42 Å². The third-order valence-electron chi connectivity index (χ3n) is 3.93. The van der Waals surface area contributed by atoms with Crippen LogP contribution in [0.1, 0.15) is 19.4 Å². The number of hydrogen-bond acceptors (Lipinski definition) is 4. The lowest BCUT2D eigenvalue weighted by atomic mass is 10.2. The summed E-state index contributed by atoms with van der Waals surface area (Å²) in [5.41, 5.74) is 0.540. The van der Waals surface area contributed by atoms with Gasteiger partial charge in [0.05, 0.1) is 11.6 Å². The molecule has 0 bridgehead atoms. The summed E-state index contributed by atoms with van der Waals surface area (Å²) in [4.78, 5) is 2.32. The second kappa shape index (κ2) is 6.62. The zero-order valence-corrected chi connectivity index (χ0v) is 13.9. The van der Waals surface area contributed by atoms with Gasteiger partial charge in [0, 0.05) is 25.7 Å². The molecule has 1 unspecified atom stereocenters. The maximum absolute atomic E-state index is 12.8. The molecule has 1 aromatic carbocycles. The van der Waals surface area contributed by atoms with E-state index in [4.69, 9.17) is 11.6 Å². The van der Waals surface area contributed by atoms with Crippen LogP contribution < -0.4 is 0 Å². The topological polar surface area (TPSA) is 60.9 Å². The number of rotatable bonds is 4. The number of halogens is 1. The van der Waals surface area contributed by atoms with Gasteiger partial charge in [-0.3, -0.25) is 4.90 Å². The van der Waals surface area contributed by atoms with Crippen molar-refractivity contribution in [1.29, 1.82) is 0 Å².